The van der Waals surface area contributed by atoms with Crippen LogP contribution in [0.15, 0.2) is 45.9 Å². The Bertz CT molecular complexity index is 552. The molecule has 3 nitrogen and oxygen atoms in total. The van der Waals surface area contributed by atoms with Gasteiger partial charge in [0, 0.05) is 10.8 Å². The maximum absolute atomic E-state index is 4.51. The van der Waals surface area contributed by atoms with E-state index >= 15 is 0 Å². The Morgan fingerprint density at radius 1 is 1.16 bits per heavy atom. The zero-order valence-corrected chi connectivity index (χ0v) is 12.6. The second-order valence-electron chi connectivity index (χ2n) is 5.57. The van der Waals surface area contributed by atoms with Crippen LogP contribution in [0.2, 0.25) is 0 Å². The number of aromatic nitrogens is 1. The molecule has 1 aromatic heterocycles. The molecule has 1 aromatic carbocycles. The lowest BCUT2D eigenvalue weighted by molar-refractivity contribution is 0.573. The molecule has 0 saturated heterocycles. The Balaban J connectivity index is 2.09. The van der Waals surface area contributed by atoms with Crippen LogP contribution in [0, 0.1) is 0 Å². The van der Waals surface area contributed by atoms with Crippen molar-refractivity contribution in [3.05, 3.63) is 47.0 Å². The Kier molecular flexibility index (Phi) is 4.10. The summed E-state index contributed by atoms with van der Waals surface area (Å²) in [5.41, 5.74) is 2.30. The minimum absolute atomic E-state index is 0.0585. The van der Waals surface area contributed by atoms with Gasteiger partial charge in [-0.2, -0.15) is 5.11 Å². The smallest absolute Gasteiger partial charge is 0.221 e. The van der Waals surface area contributed by atoms with Gasteiger partial charge in [0.15, 0.2) is 0 Å². The fourth-order valence-corrected chi connectivity index (χ4v) is 2.46. The van der Waals surface area contributed by atoms with Crippen LogP contribution in [0.25, 0.3) is 0 Å². The van der Waals surface area contributed by atoms with E-state index in [1.165, 1.54) is 5.56 Å². The van der Waals surface area contributed by atoms with Crippen LogP contribution in [0.5, 0.6) is 0 Å². The Labute approximate surface area is 118 Å². The number of nitrogens with zero attached hydrogens (tertiary/aromatic N) is 3. The minimum atomic E-state index is 0.0585. The van der Waals surface area contributed by atoms with Gasteiger partial charge in [0.1, 0.15) is 0 Å². The van der Waals surface area contributed by atoms with Gasteiger partial charge >= 0.3 is 0 Å². The molecule has 0 fully saturated rings. The minimum Gasteiger partial charge on any atom is -0.221 e. The summed E-state index contributed by atoms with van der Waals surface area (Å²) in [6.07, 6.45) is 0. The number of azo groups is 1. The molecule has 4 heteroatoms. The predicted molar refractivity (Wildman–Crippen MR) is 80.2 cm³/mol. The van der Waals surface area contributed by atoms with Gasteiger partial charge in [0.25, 0.3) is 0 Å². The molecule has 19 heavy (non-hydrogen) atoms. The summed E-state index contributed by atoms with van der Waals surface area (Å²) in [6, 6.07) is 10.2. The molecule has 0 aliphatic carbocycles. The Morgan fingerprint density at radius 3 is 2.42 bits per heavy atom. The normalized spacial score (nSPS) is 13.9. The molecule has 0 radical (unpaired) electrons. The molecule has 0 saturated carbocycles. The van der Waals surface area contributed by atoms with Gasteiger partial charge in [-0.1, -0.05) is 51.1 Å². The molecular weight excluding hydrogens is 254 g/mol. The lowest BCUT2D eigenvalue weighted by atomic mass is 9.93. The topological polar surface area (TPSA) is 37.6 Å². The van der Waals surface area contributed by atoms with E-state index in [4.69, 9.17) is 0 Å². The van der Waals surface area contributed by atoms with Crippen LogP contribution in [-0.4, -0.2) is 4.98 Å². The van der Waals surface area contributed by atoms with Crippen LogP contribution in [0.1, 0.15) is 45.0 Å². The van der Waals surface area contributed by atoms with Crippen molar-refractivity contribution >= 4 is 16.5 Å². The fraction of sp³-hybridized carbons (Fsp3) is 0.400. The molecule has 0 spiro atoms. The van der Waals surface area contributed by atoms with Crippen molar-refractivity contribution in [2.45, 2.75) is 39.2 Å². The standard InChI is InChI=1S/C15H19N3S/c1-11(12-8-6-5-7-9-12)17-18-14-16-13(10-19-14)15(2,3)4/h5-11H,1-4H3. The second kappa shape index (κ2) is 5.61. The average molecular weight is 273 g/mol. The molecule has 0 aliphatic heterocycles. The van der Waals surface area contributed by atoms with Crippen LogP contribution in [0.4, 0.5) is 5.13 Å². The molecule has 1 atom stereocenters. The fourth-order valence-electron chi connectivity index (χ4n) is 1.59. The summed E-state index contributed by atoms with van der Waals surface area (Å²) in [6.45, 7) is 8.48. The summed E-state index contributed by atoms with van der Waals surface area (Å²) < 4.78 is 0. The zero-order valence-electron chi connectivity index (χ0n) is 11.8. The van der Waals surface area contributed by atoms with E-state index < -0.39 is 0 Å². The van der Waals surface area contributed by atoms with Crippen molar-refractivity contribution in [2.24, 2.45) is 10.2 Å². The highest BCUT2D eigenvalue weighted by atomic mass is 32.1. The maximum atomic E-state index is 4.51. The summed E-state index contributed by atoms with van der Waals surface area (Å²) in [7, 11) is 0. The van der Waals surface area contributed by atoms with E-state index in [1.54, 1.807) is 11.3 Å². The molecule has 0 amide bonds. The zero-order chi connectivity index (χ0) is 13.9. The van der Waals surface area contributed by atoms with Gasteiger partial charge in [-0.3, -0.25) is 0 Å². The van der Waals surface area contributed by atoms with E-state index in [9.17, 15) is 0 Å². The third-order valence-electron chi connectivity index (χ3n) is 2.86. The summed E-state index contributed by atoms with van der Waals surface area (Å²) in [5, 5.41) is 11.4. The first-order valence-corrected chi connectivity index (χ1v) is 7.26. The largest absolute Gasteiger partial charge is 0.229 e. The van der Waals surface area contributed by atoms with E-state index in [2.05, 4.69) is 53.5 Å². The van der Waals surface area contributed by atoms with Crippen molar-refractivity contribution in [1.29, 1.82) is 0 Å². The molecule has 100 valence electrons. The first kappa shape index (κ1) is 13.9. The number of hydrogen-bond acceptors (Lipinski definition) is 4. The first-order valence-electron chi connectivity index (χ1n) is 6.38. The number of hydrogen-bond donors (Lipinski definition) is 0. The van der Waals surface area contributed by atoms with Crippen molar-refractivity contribution in [3.63, 3.8) is 0 Å². The highest BCUT2D eigenvalue weighted by Gasteiger charge is 2.17. The predicted octanol–water partition coefficient (Wildman–Crippen LogP) is 5.29. The number of thiazole rings is 1. The molecule has 2 rings (SSSR count). The molecule has 0 aliphatic rings. The SMILES string of the molecule is CC(N=Nc1nc(C(C)(C)C)cs1)c1ccccc1. The molecular formula is C15H19N3S. The van der Waals surface area contributed by atoms with E-state index in [1.807, 2.05) is 25.1 Å². The van der Waals surface area contributed by atoms with Crippen LogP contribution >= 0.6 is 11.3 Å². The Morgan fingerprint density at radius 2 is 1.84 bits per heavy atom. The maximum Gasteiger partial charge on any atom is 0.229 e. The molecule has 1 unspecified atom stereocenters. The van der Waals surface area contributed by atoms with E-state index in [0.717, 1.165) is 10.8 Å². The number of rotatable bonds is 3. The molecule has 0 bridgehead atoms. The van der Waals surface area contributed by atoms with Crippen molar-refractivity contribution in [1.82, 2.24) is 4.98 Å². The van der Waals surface area contributed by atoms with Gasteiger partial charge in [-0.05, 0) is 12.5 Å². The second-order valence-corrected chi connectivity index (χ2v) is 6.40. The van der Waals surface area contributed by atoms with Gasteiger partial charge < -0.3 is 0 Å². The highest BCUT2D eigenvalue weighted by molar-refractivity contribution is 7.13. The van der Waals surface area contributed by atoms with Crippen LogP contribution in [0.3, 0.4) is 0 Å². The van der Waals surface area contributed by atoms with Gasteiger partial charge in [-0.15, -0.1) is 16.5 Å². The monoisotopic (exact) mass is 273 g/mol. The first-order chi connectivity index (χ1) is 8.97. The lowest BCUT2D eigenvalue weighted by Crippen LogP contribution is -2.10. The van der Waals surface area contributed by atoms with Crippen LogP contribution < -0.4 is 0 Å². The third kappa shape index (κ3) is 3.70. The third-order valence-corrected chi connectivity index (χ3v) is 3.58. The van der Waals surface area contributed by atoms with Gasteiger partial charge in [0.05, 0.1) is 11.7 Å². The summed E-state index contributed by atoms with van der Waals surface area (Å²) >= 11 is 1.54. The van der Waals surface area contributed by atoms with Gasteiger partial charge in [0.2, 0.25) is 5.13 Å². The summed E-state index contributed by atoms with van der Waals surface area (Å²) in [5.74, 6) is 0. The lowest BCUT2D eigenvalue weighted by Gasteiger charge is -2.13. The van der Waals surface area contributed by atoms with Crippen LogP contribution in [-0.2, 0) is 5.41 Å². The van der Waals surface area contributed by atoms with Crippen molar-refractivity contribution in [3.8, 4) is 0 Å². The Hall–Kier alpha value is -1.55. The highest BCUT2D eigenvalue weighted by Crippen LogP contribution is 2.29. The van der Waals surface area contributed by atoms with Crippen molar-refractivity contribution < 1.29 is 0 Å². The quantitative estimate of drug-likeness (QED) is 0.700. The summed E-state index contributed by atoms with van der Waals surface area (Å²) in [4.78, 5) is 4.51. The van der Waals surface area contributed by atoms with Gasteiger partial charge in [-0.25, -0.2) is 4.98 Å². The van der Waals surface area contributed by atoms with E-state index in [0.29, 0.717) is 0 Å². The van der Waals surface area contributed by atoms with E-state index in [-0.39, 0.29) is 11.5 Å². The van der Waals surface area contributed by atoms with Crippen molar-refractivity contribution in [2.75, 3.05) is 0 Å². The molecule has 2 aromatic rings. The number of benzene rings is 1. The molecule has 0 N–H and O–H groups in total. The molecule has 1 heterocycles. The average Bonchev–Trinajstić information content (AvgIpc) is 2.86.